The van der Waals surface area contributed by atoms with E-state index in [1.165, 1.54) is 34.3 Å². The van der Waals surface area contributed by atoms with Crippen LogP contribution in [-0.2, 0) is 16.6 Å². The number of thiophene rings is 1. The third-order valence-corrected chi connectivity index (χ3v) is 4.30. The quantitative estimate of drug-likeness (QED) is 0.298. The molecule has 0 aromatic carbocycles. The Balaban J connectivity index is 2.08. The average Bonchev–Trinajstić information content (AvgIpc) is 3.02. The Labute approximate surface area is 146 Å². The van der Waals surface area contributed by atoms with Crippen LogP contribution < -0.4 is 14.8 Å². The van der Waals surface area contributed by atoms with Crippen molar-refractivity contribution in [3.05, 3.63) is 56.5 Å². The summed E-state index contributed by atoms with van der Waals surface area (Å²) in [6.45, 7) is -0.127. The van der Waals surface area contributed by atoms with Crippen LogP contribution >= 0.6 is 11.3 Å². The van der Waals surface area contributed by atoms with Crippen LogP contribution in [0.5, 0.6) is 0 Å². The van der Waals surface area contributed by atoms with Gasteiger partial charge in [-0.1, -0.05) is 0 Å². The summed E-state index contributed by atoms with van der Waals surface area (Å²) in [5, 5.41) is 11.9. The molecule has 0 atom stereocenters. The first kappa shape index (κ1) is 18.6. The molecule has 10 nitrogen and oxygen atoms in total. The molecule has 0 fully saturated rings. The van der Waals surface area contributed by atoms with Crippen LogP contribution in [0.4, 0.5) is 5.69 Å². The van der Waals surface area contributed by atoms with E-state index in [1.807, 2.05) is 10.3 Å². The number of aromatic nitrogens is 1. The molecule has 2 heterocycles. The lowest BCUT2D eigenvalue weighted by Gasteiger charge is -2.04. The zero-order valence-electron chi connectivity index (χ0n) is 12.8. The molecule has 0 unspecified atom stereocenters. The minimum atomic E-state index is -3.59. The fraction of sp³-hybridized carbons (Fsp3) is 0.154. The van der Waals surface area contributed by atoms with Gasteiger partial charge in [0.15, 0.2) is 12.4 Å². The number of hydrogen-bond donors (Lipinski definition) is 2. The summed E-state index contributed by atoms with van der Waals surface area (Å²) in [6, 6.07) is 4.15. The topological polar surface area (TPSA) is 139 Å². The van der Waals surface area contributed by atoms with Gasteiger partial charge in [0.25, 0.3) is 11.6 Å². The van der Waals surface area contributed by atoms with E-state index in [2.05, 4.69) is 0 Å². The number of ketones is 1. The summed E-state index contributed by atoms with van der Waals surface area (Å²) in [6.07, 6.45) is 3.79. The maximum Gasteiger partial charge on any atom is 0.280 e. The number of carbonyl (C=O) groups excluding carboxylic acids is 2. The van der Waals surface area contributed by atoms with E-state index < -0.39 is 20.9 Å². The Morgan fingerprint density at radius 2 is 2.12 bits per heavy atom. The van der Waals surface area contributed by atoms with E-state index in [1.54, 1.807) is 6.20 Å². The zero-order chi connectivity index (χ0) is 18.6. The standard InChI is InChI=1S/C13H12N4O6S2/c1-25(22,23)15-14-13(19)9-3-2-4-16(6-9)7-11(18)12-5-10(8-24-12)17(20)21/h2-6,8,15H,7H2,1H3/p+1. The fourth-order valence-corrected chi connectivity index (χ4v) is 2.84. The van der Waals surface area contributed by atoms with Gasteiger partial charge < -0.3 is 0 Å². The Morgan fingerprint density at radius 3 is 2.72 bits per heavy atom. The Bertz CT molecular complexity index is 938. The van der Waals surface area contributed by atoms with Crippen molar-refractivity contribution in [2.45, 2.75) is 6.54 Å². The van der Waals surface area contributed by atoms with Crippen LogP contribution in [0.15, 0.2) is 36.0 Å². The van der Waals surface area contributed by atoms with E-state index in [9.17, 15) is 28.1 Å². The Kier molecular flexibility index (Phi) is 5.56. The summed E-state index contributed by atoms with van der Waals surface area (Å²) >= 11 is 0.966. The van der Waals surface area contributed by atoms with Crippen LogP contribution in [0.1, 0.15) is 20.0 Å². The molecule has 2 aromatic heterocycles. The van der Waals surface area contributed by atoms with Gasteiger partial charge in [-0.3, -0.25) is 25.1 Å². The summed E-state index contributed by atoms with van der Waals surface area (Å²) in [5.41, 5.74) is 1.99. The predicted molar refractivity (Wildman–Crippen MR) is 87.4 cm³/mol. The highest BCUT2D eigenvalue weighted by atomic mass is 32.2. The number of hydrogen-bond acceptors (Lipinski definition) is 7. The van der Waals surface area contributed by atoms with Crippen LogP contribution in [0.2, 0.25) is 0 Å². The van der Waals surface area contributed by atoms with Gasteiger partial charge >= 0.3 is 0 Å². The number of nitrogens with zero attached hydrogens (tertiary/aromatic N) is 2. The van der Waals surface area contributed by atoms with E-state index in [4.69, 9.17) is 0 Å². The van der Waals surface area contributed by atoms with Gasteiger partial charge in [0, 0.05) is 12.1 Å². The van der Waals surface area contributed by atoms with Gasteiger partial charge in [0.05, 0.1) is 21.4 Å². The first-order valence-corrected chi connectivity index (χ1v) is 9.45. The van der Waals surface area contributed by atoms with Crippen LogP contribution in [0, 0.1) is 10.1 Å². The molecule has 12 heteroatoms. The number of nitrogens with one attached hydrogen (secondary N) is 2. The minimum Gasteiger partial charge on any atom is -0.286 e. The Hall–Kier alpha value is -2.70. The molecule has 132 valence electrons. The molecule has 0 aliphatic rings. The lowest BCUT2D eigenvalue weighted by Crippen LogP contribution is -2.43. The largest absolute Gasteiger partial charge is 0.286 e. The molecule has 2 N–H and O–H groups in total. The van der Waals surface area contributed by atoms with Crippen molar-refractivity contribution in [2.75, 3.05) is 6.26 Å². The number of sulfonamides is 1. The summed E-state index contributed by atoms with van der Waals surface area (Å²) in [5.74, 6) is -1.05. The van der Waals surface area contributed by atoms with Crippen molar-refractivity contribution in [1.82, 2.24) is 10.3 Å². The maximum absolute atomic E-state index is 12.2. The van der Waals surface area contributed by atoms with Gasteiger partial charge in [-0.05, 0) is 6.07 Å². The highest BCUT2D eigenvalue weighted by Gasteiger charge is 2.19. The van der Waals surface area contributed by atoms with E-state index in [0.717, 1.165) is 17.6 Å². The van der Waals surface area contributed by atoms with Crippen molar-refractivity contribution in [3.8, 4) is 0 Å². The van der Waals surface area contributed by atoms with Crippen molar-refractivity contribution < 1.29 is 27.5 Å². The highest BCUT2D eigenvalue weighted by Crippen LogP contribution is 2.21. The monoisotopic (exact) mass is 385 g/mol. The highest BCUT2D eigenvalue weighted by molar-refractivity contribution is 7.88. The fourth-order valence-electron chi connectivity index (χ4n) is 1.78. The molecule has 0 saturated carbocycles. The van der Waals surface area contributed by atoms with Gasteiger partial charge in [0.1, 0.15) is 5.56 Å². The maximum atomic E-state index is 12.2. The smallest absolute Gasteiger partial charge is 0.280 e. The molecule has 0 saturated heterocycles. The second kappa shape index (κ2) is 7.46. The van der Waals surface area contributed by atoms with Gasteiger partial charge in [-0.2, -0.15) is 4.57 Å². The van der Waals surface area contributed by atoms with E-state index >= 15 is 0 Å². The van der Waals surface area contributed by atoms with E-state index in [0.29, 0.717) is 0 Å². The normalized spacial score (nSPS) is 11.1. The summed E-state index contributed by atoms with van der Waals surface area (Å²) in [4.78, 5) is 36.2. The lowest BCUT2D eigenvalue weighted by molar-refractivity contribution is -0.683. The lowest BCUT2D eigenvalue weighted by atomic mass is 10.2. The number of carbonyl (C=O) groups is 2. The van der Waals surface area contributed by atoms with Crippen molar-refractivity contribution in [2.24, 2.45) is 0 Å². The summed E-state index contributed by atoms with van der Waals surface area (Å²) < 4.78 is 23.3. The number of rotatable bonds is 7. The average molecular weight is 385 g/mol. The molecule has 1 amide bonds. The SMILES string of the molecule is CS(=O)(=O)NNC(=O)c1ccc[n+](CC(=O)c2cc([N+](=O)[O-])cs2)c1. The van der Waals surface area contributed by atoms with Crippen LogP contribution in [0.3, 0.4) is 0 Å². The van der Waals surface area contributed by atoms with Crippen molar-refractivity contribution >= 4 is 38.7 Å². The number of pyridine rings is 1. The van der Waals surface area contributed by atoms with Crippen LogP contribution in [0.25, 0.3) is 0 Å². The molecule has 25 heavy (non-hydrogen) atoms. The van der Waals surface area contributed by atoms with Crippen molar-refractivity contribution in [1.29, 1.82) is 0 Å². The molecule has 0 spiro atoms. The molecular weight excluding hydrogens is 372 g/mol. The molecule has 0 bridgehead atoms. The minimum absolute atomic E-state index is 0.127. The zero-order valence-corrected chi connectivity index (χ0v) is 14.5. The van der Waals surface area contributed by atoms with E-state index in [-0.39, 0.29) is 28.5 Å². The number of amides is 1. The first-order valence-electron chi connectivity index (χ1n) is 6.68. The molecule has 2 rings (SSSR count). The van der Waals surface area contributed by atoms with Gasteiger partial charge in [0.2, 0.25) is 22.4 Å². The first-order chi connectivity index (χ1) is 11.7. The second-order valence-corrected chi connectivity index (χ2v) is 7.60. The molecular formula is C13H13N4O6S2+. The van der Waals surface area contributed by atoms with Gasteiger partial charge in [-0.25, -0.2) is 8.42 Å². The molecule has 2 aromatic rings. The predicted octanol–water partition coefficient (Wildman–Crippen LogP) is 0.0207. The van der Waals surface area contributed by atoms with Crippen molar-refractivity contribution in [3.63, 3.8) is 0 Å². The third-order valence-electron chi connectivity index (χ3n) is 2.87. The van der Waals surface area contributed by atoms with Crippen LogP contribution in [-0.4, -0.2) is 31.3 Å². The summed E-state index contributed by atoms with van der Waals surface area (Å²) in [7, 11) is -3.59. The molecule has 0 radical (unpaired) electrons. The number of nitro groups is 1. The Morgan fingerprint density at radius 1 is 1.40 bits per heavy atom. The number of Topliss-reactive ketones (excluding diaryl/α,β-unsaturated/α-hetero) is 1. The van der Waals surface area contributed by atoms with Gasteiger partial charge in [-0.15, -0.1) is 16.2 Å². The molecule has 0 aliphatic carbocycles. The molecule has 0 aliphatic heterocycles. The number of hydrazine groups is 1. The third kappa shape index (κ3) is 5.41. The second-order valence-electron chi connectivity index (χ2n) is 4.94.